The van der Waals surface area contributed by atoms with E-state index in [1.54, 1.807) is 6.92 Å². The van der Waals surface area contributed by atoms with Crippen molar-refractivity contribution in [2.45, 2.75) is 51.3 Å². The summed E-state index contributed by atoms with van der Waals surface area (Å²) in [6.07, 6.45) is 1.64. The molecule has 2 heterocycles. The van der Waals surface area contributed by atoms with Crippen LogP contribution in [0.15, 0.2) is 48.5 Å². The third-order valence-corrected chi connectivity index (χ3v) is 5.53. The first kappa shape index (κ1) is 18.8. The van der Waals surface area contributed by atoms with E-state index in [-0.39, 0.29) is 30.4 Å². The Labute approximate surface area is 166 Å². The van der Waals surface area contributed by atoms with Crippen molar-refractivity contribution in [3.8, 4) is 11.5 Å². The first-order chi connectivity index (χ1) is 13.4. The van der Waals surface area contributed by atoms with E-state index in [2.05, 4.69) is 26.0 Å². The van der Waals surface area contributed by atoms with Crippen molar-refractivity contribution >= 4 is 5.91 Å². The van der Waals surface area contributed by atoms with Crippen molar-refractivity contribution in [3.05, 3.63) is 59.7 Å². The Morgan fingerprint density at radius 3 is 2.54 bits per heavy atom. The molecule has 2 aromatic rings. The van der Waals surface area contributed by atoms with Gasteiger partial charge < -0.3 is 19.1 Å². The van der Waals surface area contributed by atoms with Crippen LogP contribution >= 0.6 is 0 Å². The fourth-order valence-corrected chi connectivity index (χ4v) is 4.32. The molecule has 28 heavy (non-hydrogen) atoms. The summed E-state index contributed by atoms with van der Waals surface area (Å²) in [4.78, 5) is 14.9. The lowest BCUT2D eigenvalue weighted by Crippen LogP contribution is -2.49. The number of ether oxygens (including phenoxy) is 3. The van der Waals surface area contributed by atoms with Gasteiger partial charge in [0, 0.05) is 19.6 Å². The van der Waals surface area contributed by atoms with Crippen molar-refractivity contribution in [1.82, 2.24) is 4.90 Å². The SMILES string of the molecule is CC(=O)N([C@H]1CCOC(C)(C)C1)[C@@H](c1ccccc1)c1ccc2c(c1)OCO2. The Morgan fingerprint density at radius 2 is 1.82 bits per heavy atom. The number of nitrogens with zero attached hydrogens (tertiary/aromatic N) is 1. The molecule has 5 heteroatoms. The monoisotopic (exact) mass is 381 g/mol. The molecule has 2 aliphatic heterocycles. The summed E-state index contributed by atoms with van der Waals surface area (Å²) in [5, 5.41) is 0. The molecule has 1 fully saturated rings. The fourth-order valence-electron chi connectivity index (χ4n) is 4.32. The quantitative estimate of drug-likeness (QED) is 0.792. The molecule has 1 saturated heterocycles. The van der Waals surface area contributed by atoms with Gasteiger partial charge in [-0.25, -0.2) is 0 Å². The second kappa shape index (κ2) is 7.47. The molecule has 2 aliphatic rings. The van der Waals surface area contributed by atoms with Gasteiger partial charge in [0.05, 0.1) is 11.6 Å². The number of carbonyl (C=O) groups excluding carboxylic acids is 1. The van der Waals surface area contributed by atoms with Crippen LogP contribution in [0.2, 0.25) is 0 Å². The Morgan fingerprint density at radius 1 is 1.07 bits per heavy atom. The summed E-state index contributed by atoms with van der Waals surface area (Å²) >= 11 is 0. The predicted octanol–water partition coefficient (Wildman–Crippen LogP) is 4.31. The highest BCUT2D eigenvalue weighted by molar-refractivity contribution is 5.75. The lowest BCUT2D eigenvalue weighted by atomic mass is 9.88. The van der Waals surface area contributed by atoms with Crippen LogP contribution in [0.3, 0.4) is 0 Å². The average Bonchev–Trinajstić information content (AvgIpc) is 3.13. The Bertz CT molecular complexity index is 849. The van der Waals surface area contributed by atoms with Crippen LogP contribution in [0.4, 0.5) is 0 Å². The molecule has 2 atom stereocenters. The lowest BCUT2D eigenvalue weighted by molar-refractivity contribution is -0.140. The van der Waals surface area contributed by atoms with Crippen LogP contribution in [-0.4, -0.2) is 35.8 Å². The average molecular weight is 381 g/mol. The first-order valence-electron chi connectivity index (χ1n) is 9.82. The van der Waals surface area contributed by atoms with Gasteiger partial charge in [-0.15, -0.1) is 0 Å². The van der Waals surface area contributed by atoms with Gasteiger partial charge in [-0.05, 0) is 49.9 Å². The van der Waals surface area contributed by atoms with E-state index in [4.69, 9.17) is 14.2 Å². The molecule has 0 bridgehead atoms. The highest BCUT2D eigenvalue weighted by Gasteiger charge is 2.38. The van der Waals surface area contributed by atoms with E-state index in [1.165, 1.54) is 0 Å². The van der Waals surface area contributed by atoms with Crippen LogP contribution < -0.4 is 9.47 Å². The number of rotatable bonds is 4. The zero-order chi connectivity index (χ0) is 19.7. The summed E-state index contributed by atoms with van der Waals surface area (Å²) in [5.41, 5.74) is 1.86. The van der Waals surface area contributed by atoms with Crippen LogP contribution in [0.5, 0.6) is 11.5 Å². The topological polar surface area (TPSA) is 48.0 Å². The zero-order valence-electron chi connectivity index (χ0n) is 16.7. The number of carbonyl (C=O) groups is 1. The summed E-state index contributed by atoms with van der Waals surface area (Å²) in [6, 6.07) is 16.1. The normalized spacial score (nSPS) is 21.2. The second-order valence-corrected chi connectivity index (χ2v) is 8.11. The second-order valence-electron chi connectivity index (χ2n) is 8.11. The molecule has 0 N–H and O–H groups in total. The van der Waals surface area contributed by atoms with Gasteiger partial charge in [0.15, 0.2) is 11.5 Å². The van der Waals surface area contributed by atoms with Gasteiger partial charge in [-0.2, -0.15) is 0 Å². The minimum atomic E-state index is -0.243. The maximum atomic E-state index is 12.9. The van der Waals surface area contributed by atoms with Crippen molar-refractivity contribution in [1.29, 1.82) is 0 Å². The smallest absolute Gasteiger partial charge is 0.231 e. The van der Waals surface area contributed by atoms with Gasteiger partial charge in [0.1, 0.15) is 0 Å². The summed E-state index contributed by atoms with van der Waals surface area (Å²) in [6.45, 7) is 6.74. The molecule has 0 aromatic heterocycles. The fraction of sp³-hybridized carbons (Fsp3) is 0.435. The van der Waals surface area contributed by atoms with Gasteiger partial charge >= 0.3 is 0 Å². The zero-order valence-corrected chi connectivity index (χ0v) is 16.7. The van der Waals surface area contributed by atoms with Crippen molar-refractivity contribution < 1.29 is 19.0 Å². The third kappa shape index (κ3) is 3.72. The minimum absolute atomic E-state index is 0.0641. The molecule has 0 spiro atoms. The predicted molar refractivity (Wildman–Crippen MR) is 106 cm³/mol. The van der Waals surface area contributed by atoms with Crippen molar-refractivity contribution in [2.75, 3.05) is 13.4 Å². The molecule has 4 rings (SSSR count). The van der Waals surface area contributed by atoms with Crippen LogP contribution in [0, 0.1) is 0 Å². The lowest BCUT2D eigenvalue weighted by Gasteiger charge is -2.44. The first-order valence-corrected chi connectivity index (χ1v) is 9.82. The molecule has 0 radical (unpaired) electrons. The third-order valence-electron chi connectivity index (χ3n) is 5.53. The number of benzene rings is 2. The molecule has 2 aromatic carbocycles. The summed E-state index contributed by atoms with van der Waals surface area (Å²) in [7, 11) is 0. The maximum absolute atomic E-state index is 12.9. The number of fused-ring (bicyclic) bond motifs is 1. The van der Waals surface area contributed by atoms with E-state index < -0.39 is 0 Å². The van der Waals surface area contributed by atoms with E-state index in [0.29, 0.717) is 6.61 Å². The van der Waals surface area contributed by atoms with Crippen molar-refractivity contribution in [3.63, 3.8) is 0 Å². The molecular weight excluding hydrogens is 354 g/mol. The number of amides is 1. The number of hydrogen-bond acceptors (Lipinski definition) is 4. The Kier molecular flexibility index (Phi) is 5.02. The summed E-state index contributed by atoms with van der Waals surface area (Å²) < 4.78 is 17.0. The minimum Gasteiger partial charge on any atom is -0.454 e. The van der Waals surface area contributed by atoms with Gasteiger partial charge in [-0.1, -0.05) is 36.4 Å². The molecular formula is C23H27NO4. The van der Waals surface area contributed by atoms with E-state index >= 15 is 0 Å². The Hall–Kier alpha value is -2.53. The molecule has 0 saturated carbocycles. The molecule has 5 nitrogen and oxygen atoms in total. The Balaban J connectivity index is 1.78. The van der Waals surface area contributed by atoms with Crippen LogP contribution in [0.1, 0.15) is 50.8 Å². The molecule has 1 amide bonds. The number of hydrogen-bond donors (Lipinski definition) is 0. The highest BCUT2D eigenvalue weighted by atomic mass is 16.7. The molecule has 148 valence electrons. The van der Waals surface area contributed by atoms with Gasteiger partial charge in [0.25, 0.3) is 0 Å². The van der Waals surface area contributed by atoms with E-state index in [0.717, 1.165) is 35.5 Å². The van der Waals surface area contributed by atoms with E-state index in [9.17, 15) is 4.79 Å². The van der Waals surface area contributed by atoms with Crippen molar-refractivity contribution in [2.24, 2.45) is 0 Å². The van der Waals surface area contributed by atoms with Gasteiger partial charge in [0.2, 0.25) is 12.7 Å². The maximum Gasteiger partial charge on any atom is 0.231 e. The standard InChI is InChI=1S/C23H27NO4/c1-16(25)24(19-11-12-28-23(2,3)14-19)22(17-7-5-4-6-8-17)18-9-10-20-21(13-18)27-15-26-20/h4-10,13,19,22H,11-12,14-15H2,1-3H3/t19-,22-/m0/s1. The van der Waals surface area contributed by atoms with Crippen LogP contribution in [-0.2, 0) is 9.53 Å². The molecule has 0 unspecified atom stereocenters. The van der Waals surface area contributed by atoms with Gasteiger partial charge in [-0.3, -0.25) is 4.79 Å². The van der Waals surface area contributed by atoms with Crippen LogP contribution in [0.25, 0.3) is 0 Å². The van der Waals surface area contributed by atoms with E-state index in [1.807, 2.05) is 41.3 Å². The highest BCUT2D eigenvalue weighted by Crippen LogP contribution is 2.40. The summed E-state index contributed by atoms with van der Waals surface area (Å²) in [5.74, 6) is 1.54. The molecule has 0 aliphatic carbocycles. The largest absolute Gasteiger partial charge is 0.454 e.